The molecular weight excluding hydrogens is 1230 g/mol. The van der Waals surface area contributed by atoms with Gasteiger partial charge in [-0.25, -0.2) is 0 Å². The smallest absolute Gasteiger partial charge is 0.247 e. The highest BCUT2D eigenvalue weighted by Gasteiger charge is 2.46. The molecule has 520 valence electrons. The number of nitrogens with one attached hydrogen (secondary N) is 4. The van der Waals surface area contributed by atoms with Crippen LogP contribution in [0.25, 0.3) is 0 Å². The number of rotatable bonds is 20. The molecule has 0 aromatic heterocycles. The topological polar surface area (TPSA) is 288 Å². The molecule has 0 aromatic rings. The van der Waals surface area contributed by atoms with Crippen LogP contribution in [0.15, 0.2) is 24.3 Å². The van der Waals surface area contributed by atoms with Crippen molar-refractivity contribution in [2.24, 2.45) is 41.4 Å². The largest absolute Gasteiger partial charge is 0.390 e. The lowest BCUT2D eigenvalue weighted by molar-refractivity contribution is -0.157. The Labute approximate surface area is 552 Å². The molecule has 5 N–H and O–H groups in total. The third-order valence-electron chi connectivity index (χ3n) is 16.7. The van der Waals surface area contributed by atoms with Gasteiger partial charge < -0.3 is 65.4 Å². The van der Waals surface area contributed by atoms with Crippen LogP contribution in [0.2, 0.25) is 0 Å². The molecule has 12 atom stereocenters. The van der Waals surface area contributed by atoms with Gasteiger partial charge in [-0.15, -0.1) is 0 Å². The fourth-order valence-corrected chi connectivity index (χ4v) is 11.3. The van der Waals surface area contributed by atoms with E-state index in [-0.39, 0.29) is 69.0 Å². The first-order valence-corrected chi connectivity index (χ1v) is 33.5. The highest BCUT2D eigenvalue weighted by atomic mass is 79.9. The Kier molecular flexibility index (Phi) is 36.1. The molecule has 1 heterocycles. The van der Waals surface area contributed by atoms with Gasteiger partial charge in [-0.3, -0.25) is 52.7 Å². The van der Waals surface area contributed by atoms with E-state index in [2.05, 4.69) is 37.2 Å². The zero-order chi connectivity index (χ0) is 70.2. The molecular formula is C66H116BrN11O13. The number of aliphatic hydroxyl groups excluding tert-OH is 1. The van der Waals surface area contributed by atoms with Gasteiger partial charge in [0, 0.05) is 54.7 Å². The van der Waals surface area contributed by atoms with E-state index in [1.54, 1.807) is 72.8 Å². The first-order valence-electron chi connectivity index (χ1n) is 32.4. The maximum Gasteiger partial charge on any atom is 0.247 e. The monoisotopic (exact) mass is 1350 g/mol. The van der Waals surface area contributed by atoms with Gasteiger partial charge in [0.05, 0.1) is 25.9 Å². The average molecular weight is 1350 g/mol. The molecule has 24 nitrogen and oxygen atoms in total. The molecule has 91 heavy (non-hydrogen) atoms. The highest BCUT2D eigenvalue weighted by molar-refractivity contribution is 9.09. The third-order valence-corrected chi connectivity index (χ3v) is 17.1. The van der Waals surface area contributed by atoms with Crippen LogP contribution in [0.4, 0.5) is 0 Å². The van der Waals surface area contributed by atoms with Crippen LogP contribution in [-0.2, 0) is 57.5 Å². The molecule has 0 radical (unpaired) electrons. The number of halogens is 1. The quantitative estimate of drug-likeness (QED) is 0.0650. The summed E-state index contributed by atoms with van der Waals surface area (Å²) in [5.41, 5.74) is 0. The Hall–Kier alpha value is -5.95. The van der Waals surface area contributed by atoms with Crippen molar-refractivity contribution in [1.29, 1.82) is 0 Å². The number of carbonyl (C=O) groups is 11. The summed E-state index contributed by atoms with van der Waals surface area (Å²) in [5, 5.41) is 23.8. The summed E-state index contributed by atoms with van der Waals surface area (Å²) in [4.78, 5) is 171. The van der Waals surface area contributed by atoms with Crippen molar-refractivity contribution in [3.05, 3.63) is 24.3 Å². The van der Waals surface area contributed by atoms with Gasteiger partial charge in [0.2, 0.25) is 65.0 Å². The molecule has 11 amide bonds. The number of allylic oxidation sites excluding steroid dienone is 3. The fourth-order valence-electron chi connectivity index (χ4n) is 11.1. The summed E-state index contributed by atoms with van der Waals surface area (Å²) in [6.07, 6.45) is 6.40. The predicted molar refractivity (Wildman–Crippen MR) is 357 cm³/mol. The summed E-state index contributed by atoms with van der Waals surface area (Å²) in [7, 11) is 9.88. The number of ether oxygens (including phenoxy) is 1. The van der Waals surface area contributed by atoms with Gasteiger partial charge in [0.15, 0.2) is 0 Å². The van der Waals surface area contributed by atoms with Gasteiger partial charge >= 0.3 is 0 Å². The second-order valence-electron chi connectivity index (χ2n) is 27.1. The minimum Gasteiger partial charge on any atom is -0.390 e. The minimum absolute atomic E-state index is 0.0145. The highest BCUT2D eigenvalue weighted by Crippen LogP contribution is 2.26. The van der Waals surface area contributed by atoms with Crippen LogP contribution in [0.3, 0.4) is 0 Å². The molecule has 1 saturated heterocycles. The van der Waals surface area contributed by atoms with Crippen molar-refractivity contribution in [2.75, 3.05) is 74.4 Å². The summed E-state index contributed by atoms with van der Waals surface area (Å²) in [5.74, 6) is -10.2. The van der Waals surface area contributed by atoms with Gasteiger partial charge in [-0.2, -0.15) is 0 Å². The predicted octanol–water partition coefficient (Wildman–Crippen LogP) is 4.22. The zero-order valence-corrected chi connectivity index (χ0v) is 60.7. The first-order chi connectivity index (χ1) is 42.2. The van der Waals surface area contributed by atoms with Gasteiger partial charge in [-0.05, 0) is 93.8 Å². The standard InChI is InChI=1S/C66H116BrN11O13/c1-24-26-29-44(15)56(80)55-60(84)69-46(25-2)61(85)72(17)36-52(79)73(18)48(32-38(3)4)59(83)71-53(42(11)12)65(89)74(19)49(33-39(5)6)58(82)68-45(16)57(81)70-47(37-91-31-28-27-30-67)62(86)75(20)50(34-40(7)8)63(87)76(21)51(35-41(9)10)64(88)77(22)54(43(13)14)66(90)78(55)23/h24,26-28,38-51,53-56,80H,25,29-37H2,1-23H3,(H,68,82)(H,69,84)(H,70,81)(H,71,83)/b26-24+,28-27+/t44-,45+,46+,47-,48+,49+,50+,51+,53+,54+,55+,56-/m1/s1. The summed E-state index contributed by atoms with van der Waals surface area (Å²) >= 11 is 3.34. The van der Waals surface area contributed by atoms with E-state index in [4.69, 9.17) is 4.74 Å². The first kappa shape index (κ1) is 83.1. The Balaban J connectivity index is 4.47. The van der Waals surface area contributed by atoms with E-state index in [0.29, 0.717) is 11.8 Å². The lowest BCUT2D eigenvalue weighted by atomic mass is 9.91. The van der Waals surface area contributed by atoms with Gasteiger partial charge in [0.25, 0.3) is 0 Å². The molecule has 0 bridgehead atoms. The molecule has 0 aliphatic carbocycles. The van der Waals surface area contributed by atoms with E-state index in [1.165, 1.54) is 80.8 Å². The van der Waals surface area contributed by atoms with E-state index in [1.807, 2.05) is 55.4 Å². The second-order valence-corrected chi connectivity index (χ2v) is 27.7. The molecule has 1 aliphatic heterocycles. The normalized spacial score (nSPS) is 26.0. The molecule has 1 aliphatic rings. The van der Waals surface area contributed by atoms with Crippen molar-refractivity contribution in [3.8, 4) is 0 Å². The number of nitrogens with zero attached hydrogens (tertiary/aromatic N) is 7. The Morgan fingerprint density at radius 3 is 1.43 bits per heavy atom. The molecule has 1 fully saturated rings. The lowest BCUT2D eigenvalue weighted by Gasteiger charge is -2.41. The van der Waals surface area contributed by atoms with E-state index < -0.39 is 156 Å². The van der Waals surface area contributed by atoms with Crippen molar-refractivity contribution < 1.29 is 62.6 Å². The number of hydrogen-bond acceptors (Lipinski definition) is 13. The molecule has 0 saturated carbocycles. The van der Waals surface area contributed by atoms with E-state index in [9.17, 15) is 43.5 Å². The van der Waals surface area contributed by atoms with Crippen molar-refractivity contribution in [2.45, 2.75) is 216 Å². The summed E-state index contributed by atoms with van der Waals surface area (Å²) in [6.45, 7) is 27.5. The number of carbonyl (C=O) groups excluding carboxylic acids is 11. The number of aliphatic hydroxyl groups is 1. The number of likely N-dealkylation sites (N-methyl/N-ethyl adjacent to an activating group) is 7. The lowest BCUT2D eigenvalue weighted by Crippen LogP contribution is -2.63. The summed E-state index contributed by atoms with van der Waals surface area (Å²) < 4.78 is 5.91. The van der Waals surface area contributed by atoms with Gasteiger partial charge in [0.1, 0.15) is 60.4 Å². The second kappa shape index (κ2) is 39.6. The van der Waals surface area contributed by atoms with E-state index >= 15 is 14.4 Å². The van der Waals surface area contributed by atoms with E-state index in [0.717, 1.165) is 9.80 Å². The zero-order valence-electron chi connectivity index (χ0n) is 59.1. The number of amides is 11. The number of alkyl halides is 1. The molecule has 25 heteroatoms. The number of hydrogen-bond donors (Lipinski definition) is 5. The maximum atomic E-state index is 15.3. The van der Waals surface area contributed by atoms with Crippen LogP contribution in [0, 0.1) is 41.4 Å². The van der Waals surface area contributed by atoms with Crippen LogP contribution < -0.4 is 21.3 Å². The third kappa shape index (κ3) is 24.8. The molecule has 1 rings (SSSR count). The Bertz CT molecular complexity index is 2490. The fraction of sp³-hybridized carbons (Fsp3) is 0.773. The SMILES string of the molecule is C/C=C/C[C@@H](C)[C@@H](O)[C@H]1C(=O)N[C@@H](CC)C(=O)N(C)CC(=O)N(C)[C@@H](CC(C)C)C(=O)N[C@@H](C(C)C)C(=O)N(C)[C@@H](CC(C)C)C(=O)N[C@@H](C)C(=O)N[C@H](COC/C=C/CBr)C(=O)N(C)[C@@H](CC(C)C)C(=O)N(C)[C@@H](CC(C)C)C(=O)N(C)[C@@H](C(C)C)C(=O)N1C. The average Bonchev–Trinajstić information content (AvgIpc) is 0.918. The molecule has 0 unspecified atom stereocenters. The Morgan fingerprint density at radius 1 is 0.505 bits per heavy atom. The van der Waals surface area contributed by atoms with Crippen molar-refractivity contribution >= 4 is 80.9 Å². The van der Waals surface area contributed by atoms with Crippen LogP contribution in [0.1, 0.15) is 149 Å². The maximum absolute atomic E-state index is 15.3. The Morgan fingerprint density at radius 2 is 0.956 bits per heavy atom. The molecule has 0 aromatic carbocycles. The molecule has 0 spiro atoms. The van der Waals surface area contributed by atoms with Crippen LogP contribution in [-0.4, -0.2) is 245 Å². The van der Waals surface area contributed by atoms with Crippen molar-refractivity contribution in [1.82, 2.24) is 55.6 Å². The van der Waals surface area contributed by atoms with Gasteiger partial charge in [-0.1, -0.05) is 137 Å². The summed E-state index contributed by atoms with van der Waals surface area (Å²) in [6, 6.07) is -12.8. The minimum atomic E-state index is -1.63. The van der Waals surface area contributed by atoms with Crippen LogP contribution in [0.5, 0.6) is 0 Å². The van der Waals surface area contributed by atoms with Crippen LogP contribution >= 0.6 is 15.9 Å². The van der Waals surface area contributed by atoms with Crippen molar-refractivity contribution in [3.63, 3.8) is 0 Å².